The molecule has 1 aliphatic heterocycles. The van der Waals surface area contributed by atoms with Gasteiger partial charge in [0.1, 0.15) is 17.3 Å². The molecule has 2 fully saturated rings. The maximum absolute atomic E-state index is 14.7. The Labute approximate surface area is 228 Å². The molecule has 0 radical (unpaired) electrons. The first kappa shape index (κ1) is 27.3. The predicted molar refractivity (Wildman–Crippen MR) is 141 cm³/mol. The molecule has 3 aromatic carbocycles. The first-order valence-electron chi connectivity index (χ1n) is 12.7. The molecule has 206 valence electrons. The highest BCUT2D eigenvalue weighted by molar-refractivity contribution is 7.97. The second-order valence-electron chi connectivity index (χ2n) is 9.84. The molecular formula is C29H28F4N2O3S. The van der Waals surface area contributed by atoms with Crippen LogP contribution in [0.1, 0.15) is 51.8 Å². The van der Waals surface area contributed by atoms with Crippen LogP contribution >= 0.6 is 11.9 Å². The van der Waals surface area contributed by atoms with Crippen LogP contribution in [0, 0.1) is 11.7 Å². The van der Waals surface area contributed by atoms with E-state index < -0.39 is 18.1 Å². The molecule has 2 aliphatic rings. The van der Waals surface area contributed by atoms with E-state index in [0.29, 0.717) is 25.4 Å². The minimum atomic E-state index is -4.74. The summed E-state index contributed by atoms with van der Waals surface area (Å²) in [5, 5.41) is 0. The van der Waals surface area contributed by atoms with Crippen LogP contribution in [-0.2, 0) is 0 Å². The summed E-state index contributed by atoms with van der Waals surface area (Å²) in [6.45, 7) is 1.80. The van der Waals surface area contributed by atoms with Crippen molar-refractivity contribution < 1.29 is 31.8 Å². The van der Waals surface area contributed by atoms with Crippen LogP contribution in [0.2, 0.25) is 0 Å². The van der Waals surface area contributed by atoms with E-state index in [4.69, 9.17) is 4.74 Å². The van der Waals surface area contributed by atoms with Crippen molar-refractivity contribution in [2.75, 3.05) is 26.0 Å². The third kappa shape index (κ3) is 6.67. The number of likely N-dealkylation sites (tertiary alicyclic amines) is 1. The van der Waals surface area contributed by atoms with Gasteiger partial charge in [-0.15, -0.1) is 13.2 Å². The molecule has 10 heteroatoms. The van der Waals surface area contributed by atoms with Gasteiger partial charge in [-0.3, -0.25) is 14.4 Å². The maximum atomic E-state index is 14.7. The van der Waals surface area contributed by atoms with Gasteiger partial charge in [0.15, 0.2) is 0 Å². The van der Waals surface area contributed by atoms with Gasteiger partial charge in [0.05, 0.1) is 18.2 Å². The Morgan fingerprint density at radius 1 is 1.05 bits per heavy atom. The Hall–Kier alpha value is -3.24. The highest BCUT2D eigenvalue weighted by Gasteiger charge is 2.36. The van der Waals surface area contributed by atoms with Crippen LogP contribution in [0.4, 0.5) is 17.6 Å². The first-order chi connectivity index (χ1) is 18.7. The molecule has 1 N–H and O–H groups in total. The Kier molecular flexibility index (Phi) is 8.04. The Balaban J connectivity index is 1.26. The van der Waals surface area contributed by atoms with Crippen molar-refractivity contribution in [3.05, 3.63) is 94.8 Å². The maximum Gasteiger partial charge on any atom is 0.573 e. The van der Waals surface area contributed by atoms with E-state index in [9.17, 15) is 22.4 Å². The number of hydrogen-bond acceptors (Lipinski definition) is 5. The molecule has 1 amide bonds. The second kappa shape index (κ2) is 11.5. The minimum Gasteiger partial charge on any atom is -0.493 e. The fourth-order valence-corrected chi connectivity index (χ4v) is 5.26. The molecule has 5 nitrogen and oxygen atoms in total. The zero-order chi connectivity index (χ0) is 27.6. The summed E-state index contributed by atoms with van der Waals surface area (Å²) < 4.78 is 65.2. The summed E-state index contributed by atoms with van der Waals surface area (Å²) >= 11 is 1.12. The smallest absolute Gasteiger partial charge is 0.493 e. The summed E-state index contributed by atoms with van der Waals surface area (Å²) in [5.41, 5.74) is 2.76. The summed E-state index contributed by atoms with van der Waals surface area (Å²) in [6.07, 6.45) is -1.08. The molecule has 0 aromatic heterocycles. The number of nitrogens with one attached hydrogen (secondary N) is 1. The topological polar surface area (TPSA) is 50.8 Å². The molecular weight excluding hydrogens is 532 g/mol. The predicted octanol–water partition coefficient (Wildman–Crippen LogP) is 6.71. The van der Waals surface area contributed by atoms with Crippen molar-refractivity contribution in [3.63, 3.8) is 0 Å². The van der Waals surface area contributed by atoms with Gasteiger partial charge >= 0.3 is 6.36 Å². The van der Waals surface area contributed by atoms with Gasteiger partial charge in [0.25, 0.3) is 5.91 Å². The van der Waals surface area contributed by atoms with E-state index in [1.165, 1.54) is 18.2 Å². The summed E-state index contributed by atoms with van der Waals surface area (Å²) in [7, 11) is 0. The highest BCUT2D eigenvalue weighted by atomic mass is 32.2. The number of carbonyl (C=O) groups excluding carboxylic acids is 1. The van der Waals surface area contributed by atoms with Crippen molar-refractivity contribution >= 4 is 17.9 Å². The minimum absolute atomic E-state index is 0.0192. The largest absolute Gasteiger partial charge is 0.573 e. The molecule has 1 heterocycles. The summed E-state index contributed by atoms with van der Waals surface area (Å²) in [5.74, 6) is -0.395. The van der Waals surface area contributed by atoms with E-state index in [1.807, 2.05) is 30.3 Å². The highest BCUT2D eigenvalue weighted by Crippen LogP contribution is 2.45. The van der Waals surface area contributed by atoms with Crippen molar-refractivity contribution in [3.8, 4) is 11.5 Å². The van der Waals surface area contributed by atoms with Crippen LogP contribution < -0.4 is 14.2 Å². The van der Waals surface area contributed by atoms with Crippen LogP contribution in [-0.4, -0.2) is 43.1 Å². The van der Waals surface area contributed by atoms with Crippen molar-refractivity contribution in [2.24, 2.45) is 5.92 Å². The standard InChI is InChI=1S/C29H28F4N2O3S/c1-39-34-28(36)24-13-23(19-7-8-19)26(14-25(24)30)37-17-18-15-35(16-18)27(20-5-3-2-4-6-20)21-9-11-22(12-10-21)38-29(31,32)33/h2-6,9-14,18-19,27H,7-8,15-17H2,1H3,(H,34,36). The molecule has 0 spiro atoms. The van der Waals surface area contributed by atoms with Crippen LogP contribution in [0.3, 0.4) is 0 Å². The van der Waals surface area contributed by atoms with Gasteiger partial charge in [-0.25, -0.2) is 4.39 Å². The Bertz CT molecular complexity index is 1290. The number of hydrogen-bond donors (Lipinski definition) is 1. The van der Waals surface area contributed by atoms with Crippen molar-refractivity contribution in [1.29, 1.82) is 0 Å². The van der Waals surface area contributed by atoms with E-state index in [1.54, 1.807) is 24.5 Å². The average Bonchev–Trinajstić information content (AvgIpc) is 3.71. The van der Waals surface area contributed by atoms with Crippen molar-refractivity contribution in [1.82, 2.24) is 9.62 Å². The fraction of sp³-hybridized carbons (Fsp3) is 0.345. The zero-order valence-electron chi connectivity index (χ0n) is 21.2. The lowest BCUT2D eigenvalue weighted by Crippen LogP contribution is -2.51. The van der Waals surface area contributed by atoms with Crippen molar-refractivity contribution in [2.45, 2.75) is 31.2 Å². The monoisotopic (exact) mass is 560 g/mol. The number of nitrogens with zero attached hydrogens (tertiary/aromatic N) is 1. The second-order valence-corrected chi connectivity index (χ2v) is 10.5. The quantitative estimate of drug-likeness (QED) is 0.221. The van der Waals surface area contributed by atoms with Crippen LogP contribution in [0.25, 0.3) is 0 Å². The van der Waals surface area contributed by atoms with Gasteiger partial charge in [-0.05, 0) is 53.6 Å². The number of rotatable bonds is 10. The lowest BCUT2D eigenvalue weighted by molar-refractivity contribution is -0.274. The van der Waals surface area contributed by atoms with Crippen LogP contribution in [0.15, 0.2) is 66.7 Å². The molecule has 1 unspecified atom stereocenters. The van der Waals surface area contributed by atoms with E-state index in [0.717, 1.165) is 41.5 Å². The van der Waals surface area contributed by atoms with Gasteiger partial charge in [0, 0.05) is 31.3 Å². The lowest BCUT2D eigenvalue weighted by atomic mass is 9.90. The molecule has 0 bridgehead atoms. The van der Waals surface area contributed by atoms with Crippen LogP contribution in [0.5, 0.6) is 11.5 Å². The number of carbonyl (C=O) groups is 1. The molecule has 5 rings (SSSR count). The SMILES string of the molecule is CSNC(=O)c1cc(C2CC2)c(OCC2CN(C(c3ccccc3)c3ccc(OC(F)(F)F)cc3)C2)cc1F. The van der Waals surface area contributed by atoms with E-state index in [-0.39, 0.29) is 29.2 Å². The summed E-state index contributed by atoms with van der Waals surface area (Å²) in [4.78, 5) is 14.5. The number of ether oxygens (including phenoxy) is 2. The first-order valence-corrected chi connectivity index (χ1v) is 13.9. The zero-order valence-corrected chi connectivity index (χ0v) is 22.0. The molecule has 3 aromatic rings. The number of amides is 1. The van der Waals surface area contributed by atoms with Gasteiger partial charge < -0.3 is 9.47 Å². The molecule has 39 heavy (non-hydrogen) atoms. The lowest BCUT2D eigenvalue weighted by Gasteiger charge is -2.44. The molecule has 1 saturated carbocycles. The van der Waals surface area contributed by atoms with E-state index in [2.05, 4.69) is 14.4 Å². The third-order valence-electron chi connectivity index (χ3n) is 6.93. The molecule has 1 saturated heterocycles. The normalized spacial score (nSPS) is 16.8. The molecule has 1 atom stereocenters. The Morgan fingerprint density at radius 2 is 1.72 bits per heavy atom. The average molecular weight is 561 g/mol. The number of benzene rings is 3. The number of halogens is 4. The molecule has 1 aliphatic carbocycles. The fourth-order valence-electron chi connectivity index (χ4n) is 4.97. The number of alkyl halides is 3. The van der Waals surface area contributed by atoms with Gasteiger partial charge in [-0.2, -0.15) is 0 Å². The third-order valence-corrected chi connectivity index (χ3v) is 7.32. The van der Waals surface area contributed by atoms with E-state index >= 15 is 0 Å². The Morgan fingerprint density at radius 3 is 2.33 bits per heavy atom. The summed E-state index contributed by atoms with van der Waals surface area (Å²) in [6, 6.07) is 18.5. The van der Waals surface area contributed by atoms with Gasteiger partial charge in [0.2, 0.25) is 0 Å². The van der Waals surface area contributed by atoms with Gasteiger partial charge in [-0.1, -0.05) is 54.4 Å².